The zero-order chi connectivity index (χ0) is 15.5. The summed E-state index contributed by atoms with van der Waals surface area (Å²) >= 11 is 6.21. The van der Waals surface area contributed by atoms with E-state index in [9.17, 15) is 4.79 Å². The first-order chi connectivity index (χ1) is 10.6. The lowest BCUT2D eigenvalue weighted by atomic mass is 9.78. The number of likely N-dealkylation sites (tertiary alicyclic amines) is 1. The molecule has 3 atom stereocenters. The summed E-state index contributed by atoms with van der Waals surface area (Å²) in [7, 11) is 0. The van der Waals surface area contributed by atoms with E-state index in [1.54, 1.807) is 0 Å². The zero-order valence-electron chi connectivity index (χ0n) is 13.3. The van der Waals surface area contributed by atoms with E-state index < -0.39 is 0 Å². The minimum absolute atomic E-state index is 0.0898. The Morgan fingerprint density at radius 3 is 2.86 bits per heavy atom. The molecule has 120 valence electrons. The predicted molar refractivity (Wildman–Crippen MR) is 90.5 cm³/mol. The van der Waals surface area contributed by atoms with Crippen LogP contribution >= 0.6 is 11.6 Å². The molecule has 1 saturated carbocycles. The molecule has 3 nitrogen and oxygen atoms in total. The number of halogens is 1. The van der Waals surface area contributed by atoms with Crippen LogP contribution in [0.3, 0.4) is 0 Å². The molecular formula is C18H26ClN2O+. The Morgan fingerprint density at radius 1 is 1.27 bits per heavy atom. The van der Waals surface area contributed by atoms with Crippen molar-refractivity contribution < 1.29 is 9.69 Å². The Bertz CT molecular complexity index is 544. The SMILES string of the molecule is Cc1ccc(NC(=O)C[NH+]2CCC[C@@H]3CCCC[C@@H]32)c(Cl)c1. The molecule has 0 radical (unpaired) electrons. The van der Waals surface area contributed by atoms with E-state index >= 15 is 0 Å². The van der Waals surface area contributed by atoms with Gasteiger partial charge >= 0.3 is 0 Å². The fourth-order valence-corrected chi connectivity index (χ4v) is 4.49. The molecule has 0 spiro atoms. The van der Waals surface area contributed by atoms with E-state index in [-0.39, 0.29) is 5.91 Å². The molecule has 0 aromatic heterocycles. The van der Waals surface area contributed by atoms with Gasteiger partial charge in [-0.1, -0.05) is 24.1 Å². The molecule has 1 heterocycles. The molecular weight excluding hydrogens is 296 g/mol. The van der Waals surface area contributed by atoms with Crippen molar-refractivity contribution in [2.24, 2.45) is 5.92 Å². The number of nitrogens with one attached hydrogen (secondary N) is 2. The van der Waals surface area contributed by atoms with Crippen molar-refractivity contribution in [2.45, 2.75) is 51.5 Å². The van der Waals surface area contributed by atoms with E-state index in [2.05, 4.69) is 5.32 Å². The highest BCUT2D eigenvalue weighted by atomic mass is 35.5. The molecule has 0 bridgehead atoms. The lowest BCUT2D eigenvalue weighted by molar-refractivity contribution is -0.928. The van der Waals surface area contributed by atoms with Gasteiger partial charge in [0.15, 0.2) is 6.54 Å². The van der Waals surface area contributed by atoms with Crippen LogP contribution in [0.2, 0.25) is 5.02 Å². The van der Waals surface area contributed by atoms with Gasteiger partial charge in [-0.2, -0.15) is 0 Å². The topological polar surface area (TPSA) is 33.5 Å². The van der Waals surface area contributed by atoms with Gasteiger partial charge in [0, 0.05) is 5.92 Å². The second kappa shape index (κ2) is 7.01. The normalized spacial score (nSPS) is 28.0. The number of hydrogen-bond donors (Lipinski definition) is 2. The molecule has 4 heteroatoms. The van der Waals surface area contributed by atoms with E-state index in [1.165, 1.54) is 43.4 Å². The maximum atomic E-state index is 12.4. The number of rotatable bonds is 3. The van der Waals surface area contributed by atoms with Gasteiger partial charge < -0.3 is 10.2 Å². The summed E-state index contributed by atoms with van der Waals surface area (Å²) in [5.41, 5.74) is 1.84. The Morgan fingerprint density at radius 2 is 2.05 bits per heavy atom. The van der Waals surface area contributed by atoms with Crippen molar-refractivity contribution in [3.8, 4) is 0 Å². The van der Waals surface area contributed by atoms with Gasteiger partial charge in [-0.3, -0.25) is 4.79 Å². The van der Waals surface area contributed by atoms with Crippen LogP contribution in [0.25, 0.3) is 0 Å². The number of fused-ring (bicyclic) bond motifs is 1. The van der Waals surface area contributed by atoms with Crippen molar-refractivity contribution in [3.05, 3.63) is 28.8 Å². The van der Waals surface area contributed by atoms with E-state index in [0.717, 1.165) is 23.7 Å². The smallest absolute Gasteiger partial charge is 0.279 e. The van der Waals surface area contributed by atoms with Crippen LogP contribution in [0.4, 0.5) is 5.69 Å². The third kappa shape index (κ3) is 3.64. The monoisotopic (exact) mass is 321 g/mol. The summed E-state index contributed by atoms with van der Waals surface area (Å²) in [5.74, 6) is 0.931. The third-order valence-electron chi connectivity index (χ3n) is 5.29. The molecule has 2 aliphatic rings. The van der Waals surface area contributed by atoms with E-state index in [0.29, 0.717) is 17.6 Å². The highest BCUT2D eigenvalue weighted by molar-refractivity contribution is 6.33. The molecule has 3 rings (SSSR count). The number of hydrogen-bond acceptors (Lipinski definition) is 1. The largest absolute Gasteiger partial charge is 0.324 e. The van der Waals surface area contributed by atoms with Crippen LogP contribution in [-0.2, 0) is 4.79 Å². The van der Waals surface area contributed by atoms with Crippen LogP contribution in [0.5, 0.6) is 0 Å². The lowest BCUT2D eigenvalue weighted by Crippen LogP contribution is -3.18. The van der Waals surface area contributed by atoms with Crippen LogP contribution in [-0.4, -0.2) is 25.0 Å². The summed E-state index contributed by atoms with van der Waals surface area (Å²) in [5, 5.41) is 3.61. The minimum atomic E-state index is 0.0898. The van der Waals surface area contributed by atoms with Crippen molar-refractivity contribution in [3.63, 3.8) is 0 Å². The number of benzene rings is 1. The number of anilines is 1. The van der Waals surface area contributed by atoms with Crippen molar-refractivity contribution in [1.29, 1.82) is 0 Å². The first-order valence-electron chi connectivity index (χ1n) is 8.54. The van der Waals surface area contributed by atoms with Gasteiger partial charge in [0.05, 0.1) is 23.3 Å². The van der Waals surface area contributed by atoms with Gasteiger partial charge in [0.2, 0.25) is 0 Å². The average molecular weight is 322 g/mol. The van der Waals surface area contributed by atoms with Crippen molar-refractivity contribution in [2.75, 3.05) is 18.4 Å². The molecule has 1 aliphatic heterocycles. The second-order valence-corrected chi connectivity index (χ2v) is 7.32. The molecule has 1 aromatic rings. The third-order valence-corrected chi connectivity index (χ3v) is 5.61. The number of carbonyl (C=O) groups excluding carboxylic acids is 1. The van der Waals surface area contributed by atoms with Gasteiger partial charge in [-0.25, -0.2) is 0 Å². The zero-order valence-corrected chi connectivity index (χ0v) is 14.1. The molecule has 1 unspecified atom stereocenters. The fourth-order valence-electron chi connectivity index (χ4n) is 4.21. The van der Waals surface area contributed by atoms with E-state index in [4.69, 9.17) is 11.6 Å². The minimum Gasteiger partial charge on any atom is -0.324 e. The Labute approximate surface area is 138 Å². The summed E-state index contributed by atoms with van der Waals surface area (Å²) < 4.78 is 0. The number of aryl methyl sites for hydroxylation is 1. The summed E-state index contributed by atoms with van der Waals surface area (Å²) in [6.45, 7) is 3.71. The van der Waals surface area contributed by atoms with Crippen LogP contribution in [0.1, 0.15) is 44.1 Å². The van der Waals surface area contributed by atoms with Crippen LogP contribution < -0.4 is 10.2 Å². The number of amides is 1. The van der Waals surface area contributed by atoms with Crippen LogP contribution in [0.15, 0.2) is 18.2 Å². The predicted octanol–water partition coefficient (Wildman–Crippen LogP) is 2.82. The molecule has 1 saturated heterocycles. The van der Waals surface area contributed by atoms with Gasteiger partial charge in [-0.05, 0) is 56.7 Å². The number of piperidine rings is 1. The van der Waals surface area contributed by atoms with Crippen molar-refractivity contribution >= 4 is 23.2 Å². The first-order valence-corrected chi connectivity index (χ1v) is 8.92. The fraction of sp³-hybridized carbons (Fsp3) is 0.611. The molecule has 2 N–H and O–H groups in total. The highest BCUT2D eigenvalue weighted by Crippen LogP contribution is 2.28. The maximum absolute atomic E-state index is 12.4. The second-order valence-electron chi connectivity index (χ2n) is 6.91. The highest BCUT2D eigenvalue weighted by Gasteiger charge is 2.37. The lowest BCUT2D eigenvalue weighted by Gasteiger charge is -2.40. The summed E-state index contributed by atoms with van der Waals surface area (Å²) in [6.07, 6.45) is 7.97. The standard InChI is InChI=1S/C18H25ClN2O/c1-13-8-9-16(15(19)11-13)20-18(22)12-21-10-4-6-14-5-2-3-7-17(14)21/h8-9,11,14,17H,2-7,10,12H2,1H3,(H,20,22)/p+1/t14-,17-/m0/s1. The molecule has 1 amide bonds. The van der Waals surface area contributed by atoms with Gasteiger partial charge in [0.25, 0.3) is 5.91 Å². The molecule has 22 heavy (non-hydrogen) atoms. The Balaban J connectivity index is 1.61. The van der Waals surface area contributed by atoms with Crippen LogP contribution in [0, 0.1) is 12.8 Å². The maximum Gasteiger partial charge on any atom is 0.279 e. The summed E-state index contributed by atoms with van der Waals surface area (Å²) in [6, 6.07) is 6.46. The number of quaternary nitrogens is 1. The number of carbonyl (C=O) groups is 1. The molecule has 1 aliphatic carbocycles. The van der Waals surface area contributed by atoms with Gasteiger partial charge in [-0.15, -0.1) is 0 Å². The van der Waals surface area contributed by atoms with Gasteiger partial charge in [0.1, 0.15) is 0 Å². The first kappa shape index (κ1) is 15.8. The summed E-state index contributed by atoms with van der Waals surface area (Å²) in [4.78, 5) is 13.9. The molecule has 2 fully saturated rings. The Kier molecular flexibility index (Phi) is 5.04. The van der Waals surface area contributed by atoms with E-state index in [1.807, 2.05) is 25.1 Å². The Hall–Kier alpha value is -1.06. The molecule has 1 aromatic carbocycles. The van der Waals surface area contributed by atoms with Crippen molar-refractivity contribution in [1.82, 2.24) is 0 Å². The quantitative estimate of drug-likeness (QED) is 0.882. The average Bonchev–Trinajstić information content (AvgIpc) is 2.50.